The minimum atomic E-state index is -0.289. The number of hydrogen-bond acceptors (Lipinski definition) is 6. The van der Waals surface area contributed by atoms with Gasteiger partial charge in [-0.25, -0.2) is 4.39 Å². The SMILES string of the molecule is Fc1c(-c2c[nH]c3cccc(CC4CC4)c23)ccc2c(N3C[C@H]4CC[C@@H](C3)N4)nc(OCC34CCCN3CCC4)nc12. The molecule has 4 saturated heterocycles. The molecule has 0 unspecified atom stereocenters. The largest absolute Gasteiger partial charge is 0.461 e. The molecule has 4 aliphatic heterocycles. The fourth-order valence-electron chi connectivity index (χ4n) is 8.55. The van der Waals surface area contributed by atoms with Crippen LogP contribution in [0.2, 0.25) is 0 Å². The molecule has 5 fully saturated rings. The molecule has 0 radical (unpaired) electrons. The maximum atomic E-state index is 16.8. The van der Waals surface area contributed by atoms with Crippen molar-refractivity contribution in [2.75, 3.05) is 37.7 Å². The summed E-state index contributed by atoms with van der Waals surface area (Å²) in [6.45, 7) is 4.59. The average molecular weight is 567 g/mol. The number of fused-ring (bicyclic) bond motifs is 5. The Hall–Kier alpha value is -3.23. The first kappa shape index (κ1) is 25.3. The van der Waals surface area contributed by atoms with Gasteiger partial charge in [0, 0.05) is 58.8 Å². The van der Waals surface area contributed by atoms with Crippen molar-refractivity contribution in [2.45, 2.75) is 75.4 Å². The number of halogens is 1. The number of rotatable bonds is 7. The predicted octanol–water partition coefficient (Wildman–Crippen LogP) is 5.82. The monoisotopic (exact) mass is 566 g/mol. The Morgan fingerprint density at radius 1 is 0.952 bits per heavy atom. The molecule has 5 aliphatic rings. The normalized spacial score (nSPS) is 25.1. The van der Waals surface area contributed by atoms with E-state index < -0.39 is 0 Å². The third kappa shape index (κ3) is 4.13. The van der Waals surface area contributed by atoms with Crippen molar-refractivity contribution in [1.82, 2.24) is 25.2 Å². The number of benzene rings is 2. The first-order valence-corrected chi connectivity index (χ1v) is 16.1. The lowest BCUT2D eigenvalue weighted by molar-refractivity contribution is 0.108. The standard InChI is InChI=1S/C34H39FN6O/c35-30-25(27-17-36-28-5-1-4-22(29(27)28)16-21-6-7-21)10-11-26-31(30)38-33(42-20-34-12-2-14-41(34)15-3-13-34)39-32(26)40-18-23-8-9-24(19-40)37-23/h1,4-5,10-11,17,21,23-24,36-37H,2-3,6-9,12-16,18-20H2/t23-,24+. The first-order valence-electron chi connectivity index (χ1n) is 16.1. The molecule has 2 aromatic heterocycles. The van der Waals surface area contributed by atoms with Gasteiger partial charge in [-0.3, -0.25) is 4.90 Å². The summed E-state index contributed by atoms with van der Waals surface area (Å²) in [6, 6.07) is 11.6. The van der Waals surface area contributed by atoms with Gasteiger partial charge in [-0.2, -0.15) is 9.97 Å². The Kier molecular flexibility index (Phi) is 5.81. The third-order valence-corrected chi connectivity index (χ3v) is 10.9. The summed E-state index contributed by atoms with van der Waals surface area (Å²) in [5.74, 6) is 1.27. The zero-order valence-electron chi connectivity index (χ0n) is 24.2. The van der Waals surface area contributed by atoms with E-state index in [0.29, 0.717) is 35.8 Å². The van der Waals surface area contributed by atoms with Gasteiger partial charge in [-0.05, 0) is 94.5 Å². The molecule has 1 saturated carbocycles. The fraction of sp³-hybridized carbons (Fsp3) is 0.529. The van der Waals surface area contributed by atoms with Gasteiger partial charge in [0.15, 0.2) is 5.82 Å². The number of ether oxygens (including phenoxy) is 1. The van der Waals surface area contributed by atoms with Gasteiger partial charge < -0.3 is 19.9 Å². The number of nitrogens with zero attached hydrogens (tertiary/aromatic N) is 4. The summed E-state index contributed by atoms with van der Waals surface area (Å²) in [4.78, 5) is 18.1. The molecular formula is C34H39FN6O. The highest BCUT2D eigenvalue weighted by Gasteiger charge is 2.45. The van der Waals surface area contributed by atoms with Crippen LogP contribution in [0.4, 0.5) is 10.2 Å². The zero-order valence-corrected chi connectivity index (χ0v) is 24.2. The van der Waals surface area contributed by atoms with Crippen LogP contribution in [0.1, 0.15) is 56.9 Å². The highest BCUT2D eigenvalue weighted by Crippen LogP contribution is 2.42. The van der Waals surface area contributed by atoms with E-state index in [1.54, 1.807) is 0 Å². The Morgan fingerprint density at radius 2 is 1.76 bits per heavy atom. The third-order valence-electron chi connectivity index (χ3n) is 10.9. The average Bonchev–Trinajstić information content (AvgIpc) is 3.29. The molecule has 1 aliphatic carbocycles. The number of anilines is 1. The number of aromatic amines is 1. The van der Waals surface area contributed by atoms with E-state index in [1.807, 2.05) is 18.3 Å². The number of hydrogen-bond donors (Lipinski definition) is 2. The van der Waals surface area contributed by atoms with Gasteiger partial charge in [0.2, 0.25) is 0 Å². The molecule has 2 atom stereocenters. The van der Waals surface area contributed by atoms with Gasteiger partial charge >= 0.3 is 6.01 Å². The van der Waals surface area contributed by atoms with E-state index in [0.717, 1.165) is 79.0 Å². The summed E-state index contributed by atoms with van der Waals surface area (Å²) in [7, 11) is 0. The van der Waals surface area contributed by atoms with E-state index in [2.05, 4.69) is 38.3 Å². The van der Waals surface area contributed by atoms with E-state index >= 15 is 4.39 Å². The Morgan fingerprint density at radius 3 is 2.55 bits per heavy atom. The van der Waals surface area contributed by atoms with Crippen molar-refractivity contribution in [3.63, 3.8) is 0 Å². The summed E-state index contributed by atoms with van der Waals surface area (Å²) < 4.78 is 23.3. The smallest absolute Gasteiger partial charge is 0.319 e. The number of nitrogens with one attached hydrogen (secondary N) is 2. The van der Waals surface area contributed by atoms with Crippen molar-refractivity contribution in [2.24, 2.45) is 5.92 Å². The van der Waals surface area contributed by atoms with Gasteiger partial charge in [0.25, 0.3) is 0 Å². The Labute approximate surface area is 245 Å². The molecule has 7 nitrogen and oxygen atoms in total. The van der Waals surface area contributed by atoms with Gasteiger partial charge in [-0.15, -0.1) is 0 Å². The van der Waals surface area contributed by atoms with Crippen molar-refractivity contribution in [1.29, 1.82) is 0 Å². The second-order valence-electron chi connectivity index (χ2n) is 13.6. The van der Waals surface area contributed by atoms with Crippen molar-refractivity contribution < 1.29 is 9.13 Å². The number of H-pyrrole nitrogens is 1. The molecule has 9 rings (SSSR count). The minimum Gasteiger partial charge on any atom is -0.461 e. The fourth-order valence-corrected chi connectivity index (χ4v) is 8.55. The van der Waals surface area contributed by atoms with Crippen LogP contribution in [0, 0.1) is 11.7 Å². The van der Waals surface area contributed by atoms with Crippen LogP contribution in [0.15, 0.2) is 36.5 Å². The zero-order chi connectivity index (χ0) is 27.8. The maximum Gasteiger partial charge on any atom is 0.319 e. The van der Waals surface area contributed by atoms with E-state index in [1.165, 1.54) is 44.1 Å². The molecule has 2 aromatic carbocycles. The molecule has 6 heterocycles. The van der Waals surface area contributed by atoms with Crippen LogP contribution in [-0.2, 0) is 6.42 Å². The molecule has 8 heteroatoms. The number of piperazine rings is 1. The van der Waals surface area contributed by atoms with Crippen molar-refractivity contribution >= 4 is 27.6 Å². The lowest BCUT2D eigenvalue weighted by Crippen LogP contribution is -2.51. The van der Waals surface area contributed by atoms with Gasteiger partial charge in [0.1, 0.15) is 17.9 Å². The van der Waals surface area contributed by atoms with Crippen LogP contribution in [0.25, 0.3) is 32.9 Å². The Balaban J connectivity index is 1.15. The molecule has 2 bridgehead atoms. The molecule has 2 N–H and O–H groups in total. The first-order chi connectivity index (χ1) is 20.6. The van der Waals surface area contributed by atoms with Crippen LogP contribution < -0.4 is 15.0 Å². The number of aromatic nitrogens is 3. The lowest BCUT2D eigenvalue weighted by Gasteiger charge is -2.34. The van der Waals surface area contributed by atoms with Crippen LogP contribution in [0.5, 0.6) is 6.01 Å². The Bertz CT molecular complexity index is 1660. The summed E-state index contributed by atoms with van der Waals surface area (Å²) in [5, 5.41) is 5.62. The van der Waals surface area contributed by atoms with Crippen LogP contribution in [0.3, 0.4) is 0 Å². The van der Waals surface area contributed by atoms with E-state index in [4.69, 9.17) is 14.7 Å². The van der Waals surface area contributed by atoms with Gasteiger partial charge in [-0.1, -0.05) is 18.2 Å². The lowest BCUT2D eigenvalue weighted by atomic mass is 9.95. The molecule has 4 aromatic rings. The topological polar surface area (TPSA) is 69.3 Å². The molecule has 218 valence electrons. The highest BCUT2D eigenvalue weighted by molar-refractivity contribution is 6.01. The molecule has 0 amide bonds. The van der Waals surface area contributed by atoms with Crippen LogP contribution in [-0.4, -0.2) is 70.3 Å². The predicted molar refractivity (Wildman–Crippen MR) is 164 cm³/mol. The van der Waals surface area contributed by atoms with E-state index in [9.17, 15) is 0 Å². The van der Waals surface area contributed by atoms with Crippen LogP contribution >= 0.6 is 0 Å². The summed E-state index contributed by atoms with van der Waals surface area (Å²) in [5.41, 5.74) is 4.29. The highest BCUT2D eigenvalue weighted by atomic mass is 19.1. The second kappa shape index (κ2) is 9.64. The summed E-state index contributed by atoms with van der Waals surface area (Å²) >= 11 is 0. The molecular weight excluding hydrogens is 527 g/mol. The molecule has 42 heavy (non-hydrogen) atoms. The van der Waals surface area contributed by atoms with E-state index in [-0.39, 0.29) is 11.4 Å². The maximum absolute atomic E-state index is 16.8. The second-order valence-corrected chi connectivity index (χ2v) is 13.6. The summed E-state index contributed by atoms with van der Waals surface area (Å²) in [6.07, 6.45) is 12.7. The molecule has 0 spiro atoms. The quantitative estimate of drug-likeness (QED) is 0.294. The minimum absolute atomic E-state index is 0.0784. The van der Waals surface area contributed by atoms with Crippen molar-refractivity contribution in [3.05, 3.63) is 47.9 Å². The van der Waals surface area contributed by atoms with Gasteiger partial charge in [0.05, 0.1) is 5.54 Å². The van der Waals surface area contributed by atoms with Crippen molar-refractivity contribution in [3.8, 4) is 17.1 Å².